The number of hydrogen-bond acceptors (Lipinski definition) is 6. The Morgan fingerprint density at radius 3 is 2.55 bits per heavy atom. The van der Waals surface area contributed by atoms with Gasteiger partial charge < -0.3 is 20.3 Å². The van der Waals surface area contributed by atoms with Crippen LogP contribution < -0.4 is 15.4 Å². The van der Waals surface area contributed by atoms with E-state index in [1.165, 1.54) is 29.6 Å². The van der Waals surface area contributed by atoms with Gasteiger partial charge in [0.15, 0.2) is 0 Å². The van der Waals surface area contributed by atoms with Crippen LogP contribution >= 0.6 is 11.6 Å². The zero-order chi connectivity index (χ0) is 33.0. The summed E-state index contributed by atoms with van der Waals surface area (Å²) < 4.78 is 34.9. The Kier molecular flexibility index (Phi) is 10.3. The molecule has 2 fully saturated rings. The number of nitrogens with zero attached hydrogens (tertiary/aromatic N) is 2. The summed E-state index contributed by atoms with van der Waals surface area (Å²) in [6.07, 6.45) is 7.19. The molecule has 3 aromatic rings. The molecule has 3 heterocycles. The topological polar surface area (TPSA) is 108 Å². The van der Waals surface area contributed by atoms with Gasteiger partial charge in [0.25, 0.3) is 11.8 Å². The third-order valence-electron chi connectivity index (χ3n) is 9.26. The number of carbonyl (C=O) groups excluding carboxylic acids is 2. The Morgan fingerprint density at radius 1 is 1.02 bits per heavy atom. The van der Waals surface area contributed by atoms with Crippen molar-refractivity contribution in [1.29, 1.82) is 0 Å². The number of likely N-dealkylation sites (tertiary alicyclic amines) is 1. The van der Waals surface area contributed by atoms with Gasteiger partial charge in [-0.1, -0.05) is 48.4 Å². The first kappa shape index (κ1) is 33.2. The monoisotopic (exact) mass is 676 g/mol. The standard InChI is InChI=1S/C36H41ClN4O5S/c1-25-8-5-6-18-40(25)19-7-17-38-35(42)27-11-14-34(32(37)23-27)46-28-15-20-41(21-16-28)47(44,45)29-12-13-33-30(24-29)31(36(43)39-33)22-26-9-3-2-4-10-26/h2-4,9-14,22-25,28H,5-8,15-21H2,1H3,(H,38,42)(H,39,43)/b31-22+. The minimum atomic E-state index is -3.80. The van der Waals surface area contributed by atoms with E-state index in [9.17, 15) is 18.0 Å². The highest BCUT2D eigenvalue weighted by Crippen LogP contribution is 2.36. The minimum Gasteiger partial charge on any atom is -0.489 e. The summed E-state index contributed by atoms with van der Waals surface area (Å²) in [6, 6.07) is 19.8. The lowest BCUT2D eigenvalue weighted by molar-refractivity contribution is -0.110. The number of fused-ring (bicyclic) bond motifs is 1. The molecule has 2 amide bonds. The zero-order valence-electron chi connectivity index (χ0n) is 26.6. The smallest absolute Gasteiger partial charge is 0.256 e. The van der Waals surface area contributed by atoms with Gasteiger partial charge in [0.2, 0.25) is 10.0 Å². The summed E-state index contributed by atoms with van der Waals surface area (Å²) in [7, 11) is -3.80. The molecule has 0 aromatic heterocycles. The van der Waals surface area contributed by atoms with Crippen molar-refractivity contribution in [1.82, 2.24) is 14.5 Å². The van der Waals surface area contributed by atoms with Crippen molar-refractivity contribution in [3.8, 4) is 5.75 Å². The molecular weight excluding hydrogens is 636 g/mol. The second-order valence-electron chi connectivity index (χ2n) is 12.5. The normalized spacial score (nSPS) is 20.2. The number of rotatable bonds is 10. The van der Waals surface area contributed by atoms with Gasteiger partial charge in [0.05, 0.1) is 9.92 Å². The largest absolute Gasteiger partial charge is 0.489 e. The van der Waals surface area contributed by atoms with Crippen LogP contribution in [0.1, 0.15) is 66.9 Å². The highest BCUT2D eigenvalue weighted by Gasteiger charge is 2.33. The van der Waals surface area contributed by atoms with Crippen molar-refractivity contribution < 1.29 is 22.7 Å². The van der Waals surface area contributed by atoms with Gasteiger partial charge in [-0.15, -0.1) is 0 Å². The van der Waals surface area contributed by atoms with Crippen molar-refractivity contribution in [3.05, 3.63) is 88.4 Å². The predicted octanol–water partition coefficient (Wildman–Crippen LogP) is 6.06. The van der Waals surface area contributed by atoms with Crippen LogP contribution in [0, 0.1) is 0 Å². The molecule has 248 valence electrons. The third-order valence-corrected chi connectivity index (χ3v) is 11.4. The number of sulfonamides is 1. The number of anilines is 1. The lowest BCUT2D eigenvalue weighted by Crippen LogP contribution is -2.41. The molecule has 3 aliphatic heterocycles. The minimum absolute atomic E-state index is 0.143. The van der Waals surface area contributed by atoms with Crippen LogP contribution in [0.15, 0.2) is 71.6 Å². The second kappa shape index (κ2) is 14.6. The van der Waals surface area contributed by atoms with E-state index < -0.39 is 10.0 Å². The van der Waals surface area contributed by atoms with Crippen LogP contribution in [-0.4, -0.2) is 74.3 Å². The highest BCUT2D eigenvalue weighted by atomic mass is 35.5. The van der Waals surface area contributed by atoms with E-state index in [4.69, 9.17) is 16.3 Å². The van der Waals surface area contributed by atoms with Crippen LogP contribution in [0.25, 0.3) is 11.6 Å². The van der Waals surface area contributed by atoms with E-state index in [0.717, 1.165) is 25.1 Å². The lowest BCUT2D eigenvalue weighted by Gasteiger charge is -2.33. The van der Waals surface area contributed by atoms with Gasteiger partial charge in [-0.25, -0.2) is 8.42 Å². The second-order valence-corrected chi connectivity index (χ2v) is 14.8. The molecule has 3 aliphatic rings. The lowest BCUT2D eigenvalue weighted by atomic mass is 10.0. The van der Waals surface area contributed by atoms with Crippen LogP contribution in [0.2, 0.25) is 5.02 Å². The van der Waals surface area contributed by atoms with E-state index in [2.05, 4.69) is 22.5 Å². The van der Waals surface area contributed by atoms with Gasteiger partial charge in [-0.2, -0.15) is 4.31 Å². The maximum atomic E-state index is 13.6. The number of benzene rings is 3. The maximum absolute atomic E-state index is 13.6. The first-order chi connectivity index (χ1) is 22.7. The van der Waals surface area contributed by atoms with Crippen LogP contribution in [0.5, 0.6) is 5.75 Å². The average molecular weight is 677 g/mol. The molecule has 2 saturated heterocycles. The molecule has 0 bridgehead atoms. The molecule has 47 heavy (non-hydrogen) atoms. The fourth-order valence-corrected chi connectivity index (χ4v) is 8.24. The highest BCUT2D eigenvalue weighted by molar-refractivity contribution is 7.89. The number of amides is 2. The summed E-state index contributed by atoms with van der Waals surface area (Å²) >= 11 is 6.52. The fourth-order valence-electron chi connectivity index (χ4n) is 6.52. The predicted molar refractivity (Wildman–Crippen MR) is 185 cm³/mol. The van der Waals surface area contributed by atoms with Crippen molar-refractivity contribution in [3.63, 3.8) is 0 Å². The van der Waals surface area contributed by atoms with Gasteiger partial charge in [-0.05, 0) is 93.6 Å². The summed E-state index contributed by atoms with van der Waals surface area (Å²) in [5, 5.41) is 6.16. The number of halogens is 1. The van der Waals surface area contributed by atoms with E-state index >= 15 is 0 Å². The SMILES string of the molecule is CC1CCCCN1CCCNC(=O)c1ccc(OC2CCN(S(=O)(=O)c3ccc4c(c3)/C(=C\c3ccccc3)C(=O)N4)CC2)c(Cl)c1. The summed E-state index contributed by atoms with van der Waals surface area (Å²) in [4.78, 5) is 28.1. The van der Waals surface area contributed by atoms with Gasteiger partial charge >= 0.3 is 0 Å². The molecule has 9 nitrogen and oxygen atoms in total. The van der Waals surface area contributed by atoms with E-state index in [0.29, 0.717) is 58.6 Å². The van der Waals surface area contributed by atoms with Crippen LogP contribution in [0.4, 0.5) is 5.69 Å². The zero-order valence-corrected chi connectivity index (χ0v) is 28.2. The molecule has 6 rings (SSSR count). The maximum Gasteiger partial charge on any atom is 0.256 e. The van der Waals surface area contributed by atoms with Crippen molar-refractivity contribution in [2.75, 3.05) is 38.0 Å². The Balaban J connectivity index is 1.02. The fraction of sp³-hybridized carbons (Fsp3) is 0.389. The summed E-state index contributed by atoms with van der Waals surface area (Å²) in [6.45, 7) is 5.54. The molecule has 2 N–H and O–H groups in total. The van der Waals surface area contributed by atoms with E-state index in [1.54, 1.807) is 36.4 Å². The van der Waals surface area contributed by atoms with Gasteiger partial charge in [0.1, 0.15) is 11.9 Å². The van der Waals surface area contributed by atoms with Crippen LogP contribution in [0.3, 0.4) is 0 Å². The number of piperidine rings is 2. The summed E-state index contributed by atoms with van der Waals surface area (Å²) in [5.74, 6) is 0.0387. The molecule has 1 unspecified atom stereocenters. The van der Waals surface area contributed by atoms with Gasteiger partial charge in [0, 0.05) is 54.6 Å². The van der Waals surface area contributed by atoms with Crippen molar-refractivity contribution in [2.45, 2.75) is 62.5 Å². The number of hydrogen-bond donors (Lipinski definition) is 2. The van der Waals surface area contributed by atoms with Crippen molar-refractivity contribution >= 4 is 50.8 Å². The first-order valence-corrected chi connectivity index (χ1v) is 18.2. The Labute approximate surface area is 282 Å². The molecule has 1 atom stereocenters. The average Bonchev–Trinajstić information content (AvgIpc) is 3.39. The number of carbonyl (C=O) groups is 2. The summed E-state index contributed by atoms with van der Waals surface area (Å²) in [5.41, 5.74) is 2.91. The Bertz CT molecular complexity index is 1760. The molecule has 0 spiro atoms. The Morgan fingerprint density at radius 2 is 1.81 bits per heavy atom. The Hall–Kier alpha value is -3.70. The van der Waals surface area contributed by atoms with E-state index in [1.807, 2.05) is 30.3 Å². The number of ether oxygens (including phenoxy) is 1. The number of nitrogens with one attached hydrogen (secondary N) is 2. The molecule has 0 aliphatic carbocycles. The molecule has 11 heteroatoms. The van der Waals surface area contributed by atoms with Crippen molar-refractivity contribution in [2.24, 2.45) is 0 Å². The quantitative estimate of drug-likeness (QED) is 0.200. The third kappa shape index (κ3) is 7.73. The molecule has 0 radical (unpaired) electrons. The van der Waals surface area contributed by atoms with E-state index in [-0.39, 0.29) is 35.9 Å². The van der Waals surface area contributed by atoms with Gasteiger partial charge in [-0.3, -0.25) is 9.59 Å². The molecule has 0 saturated carbocycles. The molecule has 3 aromatic carbocycles. The van der Waals surface area contributed by atoms with Crippen LogP contribution in [-0.2, 0) is 14.8 Å². The molecular formula is C36H41ClN4O5S. The first-order valence-electron chi connectivity index (χ1n) is 16.4.